The molecule has 0 aromatic carbocycles. The molecule has 5 nitrogen and oxygen atoms in total. The predicted molar refractivity (Wildman–Crippen MR) is 63.8 cm³/mol. The van der Waals surface area contributed by atoms with Gasteiger partial charge >= 0.3 is 0 Å². The number of unbranched alkanes of at least 4 members (excludes halogenated alkanes) is 3. The van der Waals surface area contributed by atoms with Gasteiger partial charge in [-0.15, -0.1) is 0 Å². The Morgan fingerprint density at radius 1 is 1.00 bits per heavy atom. The summed E-state index contributed by atoms with van der Waals surface area (Å²) in [5, 5.41) is 5.33. The average molecular weight is 229 g/mol. The summed E-state index contributed by atoms with van der Waals surface area (Å²) in [6.45, 7) is 3.04. The van der Waals surface area contributed by atoms with Gasteiger partial charge in [0.05, 0.1) is 6.54 Å². The molecule has 94 valence electrons. The van der Waals surface area contributed by atoms with Crippen LogP contribution in [0, 0.1) is 0 Å². The van der Waals surface area contributed by atoms with Crippen molar-refractivity contribution >= 4 is 11.8 Å². The third kappa shape index (κ3) is 9.45. The van der Waals surface area contributed by atoms with E-state index < -0.39 is 0 Å². The molecule has 0 heterocycles. The zero-order valence-electron chi connectivity index (χ0n) is 10.1. The average Bonchev–Trinajstić information content (AvgIpc) is 2.30. The first-order valence-electron chi connectivity index (χ1n) is 5.94. The van der Waals surface area contributed by atoms with Crippen molar-refractivity contribution in [3.05, 3.63) is 0 Å². The zero-order chi connectivity index (χ0) is 12.2. The number of carbonyl (C=O) groups excluding carboxylic acids is 2. The van der Waals surface area contributed by atoms with Crippen LogP contribution in [0.4, 0.5) is 0 Å². The number of amides is 2. The van der Waals surface area contributed by atoms with E-state index in [1.807, 2.05) is 0 Å². The summed E-state index contributed by atoms with van der Waals surface area (Å²) in [7, 11) is 0. The van der Waals surface area contributed by atoms with Crippen molar-refractivity contribution in [2.45, 2.75) is 39.0 Å². The van der Waals surface area contributed by atoms with Crippen LogP contribution in [0.2, 0.25) is 0 Å². The van der Waals surface area contributed by atoms with Gasteiger partial charge < -0.3 is 16.4 Å². The van der Waals surface area contributed by atoms with Gasteiger partial charge in [0.15, 0.2) is 0 Å². The molecule has 0 aromatic rings. The lowest BCUT2D eigenvalue weighted by molar-refractivity contribution is -0.122. The minimum Gasteiger partial charge on any atom is -0.354 e. The van der Waals surface area contributed by atoms with Gasteiger partial charge in [-0.25, -0.2) is 0 Å². The second-order valence-corrected chi connectivity index (χ2v) is 3.71. The zero-order valence-corrected chi connectivity index (χ0v) is 10.1. The van der Waals surface area contributed by atoms with Crippen LogP contribution >= 0.6 is 0 Å². The first-order chi connectivity index (χ1) is 7.70. The van der Waals surface area contributed by atoms with Gasteiger partial charge in [0, 0.05) is 19.5 Å². The molecular formula is C11H23N3O2. The summed E-state index contributed by atoms with van der Waals surface area (Å²) < 4.78 is 0. The monoisotopic (exact) mass is 229 g/mol. The molecule has 0 unspecified atom stereocenters. The molecule has 0 bridgehead atoms. The van der Waals surface area contributed by atoms with Gasteiger partial charge in [-0.3, -0.25) is 9.59 Å². The fourth-order valence-corrected chi connectivity index (χ4v) is 1.28. The van der Waals surface area contributed by atoms with E-state index in [-0.39, 0.29) is 18.4 Å². The first-order valence-corrected chi connectivity index (χ1v) is 5.94. The van der Waals surface area contributed by atoms with Crippen LogP contribution < -0.4 is 16.4 Å². The summed E-state index contributed by atoms with van der Waals surface area (Å²) >= 11 is 0. The lowest BCUT2D eigenvalue weighted by Gasteiger charge is -2.06. The summed E-state index contributed by atoms with van der Waals surface area (Å²) in [6.07, 6.45) is 4.97. The van der Waals surface area contributed by atoms with Gasteiger partial charge in [-0.2, -0.15) is 0 Å². The van der Waals surface area contributed by atoms with E-state index in [0.717, 1.165) is 12.8 Å². The Morgan fingerprint density at radius 3 is 2.19 bits per heavy atom. The molecule has 0 saturated carbocycles. The standard InChI is InChI=1S/C11H23N3O2/c1-2-3-4-5-6-10(15)13-7-8-14-11(16)9-12/h2-9,12H2,1H3,(H,13,15)(H,14,16). The van der Waals surface area contributed by atoms with Crippen molar-refractivity contribution in [1.29, 1.82) is 0 Å². The van der Waals surface area contributed by atoms with Gasteiger partial charge in [0.1, 0.15) is 0 Å². The van der Waals surface area contributed by atoms with E-state index in [1.54, 1.807) is 0 Å². The number of carbonyl (C=O) groups is 2. The van der Waals surface area contributed by atoms with Crippen molar-refractivity contribution in [3.8, 4) is 0 Å². The Labute approximate surface area is 97.2 Å². The highest BCUT2D eigenvalue weighted by atomic mass is 16.2. The van der Waals surface area contributed by atoms with Crippen LogP contribution in [0.25, 0.3) is 0 Å². The predicted octanol–water partition coefficient (Wildman–Crippen LogP) is 0.148. The van der Waals surface area contributed by atoms with Gasteiger partial charge in [-0.05, 0) is 6.42 Å². The third-order valence-corrected chi connectivity index (χ3v) is 2.21. The molecule has 16 heavy (non-hydrogen) atoms. The third-order valence-electron chi connectivity index (χ3n) is 2.21. The molecule has 0 rings (SSSR count). The lowest BCUT2D eigenvalue weighted by atomic mass is 10.1. The van der Waals surface area contributed by atoms with E-state index in [0.29, 0.717) is 19.5 Å². The highest BCUT2D eigenvalue weighted by molar-refractivity contribution is 5.78. The number of nitrogens with two attached hydrogens (primary N) is 1. The van der Waals surface area contributed by atoms with Crippen LogP contribution in [0.5, 0.6) is 0 Å². The largest absolute Gasteiger partial charge is 0.354 e. The summed E-state index contributed by atoms with van der Waals surface area (Å²) in [5.41, 5.74) is 5.11. The molecule has 0 aliphatic rings. The Morgan fingerprint density at radius 2 is 1.62 bits per heavy atom. The van der Waals surface area contributed by atoms with Crippen molar-refractivity contribution in [2.75, 3.05) is 19.6 Å². The van der Waals surface area contributed by atoms with E-state index in [4.69, 9.17) is 5.73 Å². The quantitative estimate of drug-likeness (QED) is 0.492. The summed E-state index contributed by atoms with van der Waals surface area (Å²) in [6, 6.07) is 0. The SMILES string of the molecule is CCCCCCC(=O)NCCNC(=O)CN. The Bertz CT molecular complexity index is 207. The summed E-state index contributed by atoms with van der Waals surface area (Å²) in [4.78, 5) is 22.0. The van der Waals surface area contributed by atoms with E-state index in [1.165, 1.54) is 12.8 Å². The Hall–Kier alpha value is -1.10. The summed E-state index contributed by atoms with van der Waals surface area (Å²) in [5.74, 6) is -0.143. The molecule has 2 amide bonds. The number of rotatable bonds is 9. The van der Waals surface area contributed by atoms with Crippen LogP contribution in [-0.2, 0) is 9.59 Å². The molecule has 0 atom stereocenters. The van der Waals surface area contributed by atoms with Crippen LogP contribution in [-0.4, -0.2) is 31.4 Å². The molecule has 4 N–H and O–H groups in total. The number of nitrogens with one attached hydrogen (secondary N) is 2. The number of hydrogen-bond acceptors (Lipinski definition) is 3. The number of hydrogen-bond donors (Lipinski definition) is 3. The molecule has 0 radical (unpaired) electrons. The van der Waals surface area contributed by atoms with Crippen LogP contribution in [0.15, 0.2) is 0 Å². The molecular weight excluding hydrogens is 206 g/mol. The topological polar surface area (TPSA) is 84.2 Å². The lowest BCUT2D eigenvalue weighted by Crippen LogP contribution is -2.37. The minimum atomic E-state index is -0.197. The fourth-order valence-electron chi connectivity index (χ4n) is 1.28. The molecule has 5 heteroatoms. The highest BCUT2D eigenvalue weighted by Gasteiger charge is 2.00. The van der Waals surface area contributed by atoms with Gasteiger partial charge in [-0.1, -0.05) is 26.2 Å². The van der Waals surface area contributed by atoms with Crippen molar-refractivity contribution in [3.63, 3.8) is 0 Å². The van der Waals surface area contributed by atoms with Crippen molar-refractivity contribution in [1.82, 2.24) is 10.6 Å². The highest BCUT2D eigenvalue weighted by Crippen LogP contribution is 2.01. The Balaban J connectivity index is 3.27. The maximum Gasteiger partial charge on any atom is 0.233 e. The fraction of sp³-hybridized carbons (Fsp3) is 0.818. The van der Waals surface area contributed by atoms with Crippen LogP contribution in [0.1, 0.15) is 39.0 Å². The maximum atomic E-state index is 11.3. The van der Waals surface area contributed by atoms with Gasteiger partial charge in [0.2, 0.25) is 11.8 Å². The van der Waals surface area contributed by atoms with E-state index >= 15 is 0 Å². The molecule has 0 aliphatic heterocycles. The molecule has 0 aliphatic carbocycles. The normalized spacial score (nSPS) is 9.88. The second kappa shape index (κ2) is 10.4. The smallest absolute Gasteiger partial charge is 0.233 e. The second-order valence-electron chi connectivity index (χ2n) is 3.71. The molecule has 0 spiro atoms. The van der Waals surface area contributed by atoms with Gasteiger partial charge in [0.25, 0.3) is 0 Å². The van der Waals surface area contributed by atoms with E-state index in [9.17, 15) is 9.59 Å². The molecule has 0 fully saturated rings. The van der Waals surface area contributed by atoms with E-state index in [2.05, 4.69) is 17.6 Å². The maximum absolute atomic E-state index is 11.3. The molecule has 0 saturated heterocycles. The molecule has 0 aromatic heterocycles. The Kier molecular flexibility index (Phi) is 9.70. The van der Waals surface area contributed by atoms with Crippen molar-refractivity contribution < 1.29 is 9.59 Å². The van der Waals surface area contributed by atoms with Crippen molar-refractivity contribution in [2.24, 2.45) is 5.73 Å². The van der Waals surface area contributed by atoms with Crippen LogP contribution in [0.3, 0.4) is 0 Å². The first kappa shape index (κ1) is 14.9. The minimum absolute atomic E-state index is 0.00896.